The van der Waals surface area contributed by atoms with E-state index in [1.54, 1.807) is 0 Å². The highest BCUT2D eigenvalue weighted by molar-refractivity contribution is 5.93. The SMILES string of the molecule is Cc1ccc(NC(=O)C[NH+](C)CC(=O)Nc2ccccc2C(C)C)cc1. The Morgan fingerprint density at radius 2 is 1.50 bits per heavy atom. The van der Waals surface area contributed by atoms with Crippen LogP contribution in [0.25, 0.3) is 0 Å². The van der Waals surface area contributed by atoms with Gasteiger partial charge in [-0.1, -0.05) is 49.7 Å². The van der Waals surface area contributed by atoms with E-state index in [9.17, 15) is 9.59 Å². The Labute approximate surface area is 155 Å². The van der Waals surface area contributed by atoms with Crippen molar-refractivity contribution in [3.05, 3.63) is 59.7 Å². The number of nitrogens with one attached hydrogen (secondary N) is 3. The molecule has 2 aromatic carbocycles. The molecular weight excluding hydrogens is 326 g/mol. The Balaban J connectivity index is 1.85. The second-order valence-corrected chi connectivity index (χ2v) is 7.01. The summed E-state index contributed by atoms with van der Waals surface area (Å²) in [6.07, 6.45) is 0. The van der Waals surface area contributed by atoms with E-state index in [0.29, 0.717) is 5.92 Å². The van der Waals surface area contributed by atoms with Gasteiger partial charge in [-0.05, 0) is 36.6 Å². The quantitative estimate of drug-likeness (QED) is 0.714. The van der Waals surface area contributed by atoms with Crippen molar-refractivity contribution in [2.24, 2.45) is 0 Å². The summed E-state index contributed by atoms with van der Waals surface area (Å²) in [6.45, 7) is 6.65. The number of rotatable bonds is 7. The number of amides is 2. The van der Waals surface area contributed by atoms with E-state index in [0.717, 1.165) is 27.4 Å². The van der Waals surface area contributed by atoms with Crippen LogP contribution in [-0.4, -0.2) is 32.0 Å². The topological polar surface area (TPSA) is 62.6 Å². The molecule has 0 spiro atoms. The summed E-state index contributed by atoms with van der Waals surface area (Å²) in [7, 11) is 1.84. The van der Waals surface area contributed by atoms with Gasteiger partial charge in [0.25, 0.3) is 11.8 Å². The fourth-order valence-corrected chi connectivity index (χ4v) is 2.76. The van der Waals surface area contributed by atoms with Gasteiger partial charge >= 0.3 is 0 Å². The van der Waals surface area contributed by atoms with Crippen molar-refractivity contribution < 1.29 is 14.5 Å². The Morgan fingerprint density at radius 1 is 0.923 bits per heavy atom. The Hall–Kier alpha value is -2.66. The lowest BCUT2D eigenvalue weighted by Gasteiger charge is -2.16. The van der Waals surface area contributed by atoms with Crippen molar-refractivity contribution in [2.75, 3.05) is 30.8 Å². The molecule has 0 aliphatic heterocycles. The molecule has 138 valence electrons. The number of carbonyl (C=O) groups excluding carboxylic acids is 2. The van der Waals surface area contributed by atoms with E-state index in [1.807, 2.05) is 62.5 Å². The molecule has 2 rings (SSSR count). The third-order valence-electron chi connectivity index (χ3n) is 4.12. The number of anilines is 2. The van der Waals surface area contributed by atoms with E-state index in [1.165, 1.54) is 0 Å². The van der Waals surface area contributed by atoms with Crippen LogP contribution in [0.2, 0.25) is 0 Å². The molecule has 5 heteroatoms. The third-order valence-corrected chi connectivity index (χ3v) is 4.12. The average molecular weight is 354 g/mol. The number of aryl methyl sites for hydroxylation is 1. The van der Waals surface area contributed by atoms with E-state index >= 15 is 0 Å². The summed E-state index contributed by atoms with van der Waals surface area (Å²) in [6, 6.07) is 15.5. The van der Waals surface area contributed by atoms with E-state index in [4.69, 9.17) is 0 Å². The minimum atomic E-state index is -0.110. The highest BCUT2D eigenvalue weighted by Gasteiger charge is 2.16. The van der Waals surface area contributed by atoms with Gasteiger partial charge in [-0.15, -0.1) is 0 Å². The first-order valence-corrected chi connectivity index (χ1v) is 8.91. The van der Waals surface area contributed by atoms with Crippen molar-refractivity contribution in [1.82, 2.24) is 0 Å². The van der Waals surface area contributed by atoms with Crippen LogP contribution in [0.1, 0.15) is 30.9 Å². The summed E-state index contributed by atoms with van der Waals surface area (Å²) in [5.41, 5.74) is 3.85. The van der Waals surface area contributed by atoms with Gasteiger partial charge in [0, 0.05) is 11.4 Å². The number of quaternary nitrogens is 1. The first-order valence-electron chi connectivity index (χ1n) is 8.91. The predicted molar refractivity (Wildman–Crippen MR) is 106 cm³/mol. The van der Waals surface area contributed by atoms with Crippen molar-refractivity contribution in [1.29, 1.82) is 0 Å². The molecule has 0 aromatic heterocycles. The van der Waals surface area contributed by atoms with Crippen LogP contribution in [0.5, 0.6) is 0 Å². The lowest BCUT2D eigenvalue weighted by atomic mass is 10.0. The molecule has 1 atom stereocenters. The minimum Gasteiger partial charge on any atom is -0.322 e. The molecule has 0 radical (unpaired) electrons. The number of carbonyl (C=O) groups is 2. The van der Waals surface area contributed by atoms with Crippen LogP contribution >= 0.6 is 0 Å². The molecular formula is C21H28N3O2+. The van der Waals surface area contributed by atoms with E-state index in [-0.39, 0.29) is 24.9 Å². The fourth-order valence-electron chi connectivity index (χ4n) is 2.76. The van der Waals surface area contributed by atoms with E-state index in [2.05, 4.69) is 24.5 Å². The predicted octanol–water partition coefficient (Wildman–Crippen LogP) is 2.21. The summed E-state index contributed by atoms with van der Waals surface area (Å²) >= 11 is 0. The van der Waals surface area contributed by atoms with Crippen molar-refractivity contribution in [3.63, 3.8) is 0 Å². The number of hydrogen-bond donors (Lipinski definition) is 3. The second kappa shape index (κ2) is 9.15. The number of hydrogen-bond acceptors (Lipinski definition) is 2. The van der Waals surface area contributed by atoms with Gasteiger partial charge in [0.2, 0.25) is 0 Å². The van der Waals surface area contributed by atoms with Gasteiger partial charge in [-0.3, -0.25) is 9.59 Å². The first kappa shape index (κ1) is 19.7. The summed E-state index contributed by atoms with van der Waals surface area (Å²) in [4.78, 5) is 25.3. The maximum absolute atomic E-state index is 12.3. The average Bonchev–Trinajstić information content (AvgIpc) is 2.56. The van der Waals surface area contributed by atoms with Crippen molar-refractivity contribution in [3.8, 4) is 0 Å². The van der Waals surface area contributed by atoms with Crippen LogP contribution in [0.4, 0.5) is 11.4 Å². The largest absolute Gasteiger partial charge is 0.322 e. The highest BCUT2D eigenvalue weighted by atomic mass is 16.2. The fraction of sp³-hybridized carbons (Fsp3) is 0.333. The molecule has 0 heterocycles. The normalized spacial score (nSPS) is 11.9. The molecule has 0 aliphatic carbocycles. The molecule has 2 amide bonds. The van der Waals surface area contributed by atoms with Gasteiger partial charge in [-0.25, -0.2) is 0 Å². The highest BCUT2D eigenvalue weighted by Crippen LogP contribution is 2.23. The molecule has 2 aromatic rings. The van der Waals surface area contributed by atoms with Gasteiger partial charge in [0.15, 0.2) is 13.1 Å². The van der Waals surface area contributed by atoms with Gasteiger partial charge in [-0.2, -0.15) is 0 Å². The summed E-state index contributed by atoms with van der Waals surface area (Å²) in [5.74, 6) is 0.123. The molecule has 0 saturated carbocycles. The Morgan fingerprint density at radius 3 is 2.12 bits per heavy atom. The van der Waals surface area contributed by atoms with Crippen molar-refractivity contribution in [2.45, 2.75) is 26.7 Å². The van der Waals surface area contributed by atoms with Crippen LogP contribution in [0.15, 0.2) is 48.5 Å². The molecule has 3 N–H and O–H groups in total. The Bertz CT molecular complexity index is 754. The Kier molecular flexibility index (Phi) is 6.92. The monoisotopic (exact) mass is 354 g/mol. The zero-order chi connectivity index (χ0) is 19.1. The lowest BCUT2D eigenvalue weighted by molar-refractivity contribution is -0.862. The molecule has 0 aliphatic rings. The molecule has 0 saturated heterocycles. The molecule has 0 bridgehead atoms. The number of likely N-dealkylation sites (N-methyl/N-ethyl adjacent to an activating group) is 1. The van der Waals surface area contributed by atoms with Crippen LogP contribution in [0, 0.1) is 6.92 Å². The number of benzene rings is 2. The van der Waals surface area contributed by atoms with Crippen molar-refractivity contribution >= 4 is 23.2 Å². The lowest BCUT2D eigenvalue weighted by Crippen LogP contribution is -3.11. The van der Waals surface area contributed by atoms with Gasteiger partial charge in [0.05, 0.1) is 7.05 Å². The van der Waals surface area contributed by atoms with Gasteiger partial charge in [0.1, 0.15) is 0 Å². The molecule has 0 fully saturated rings. The first-order chi connectivity index (χ1) is 12.3. The maximum atomic E-state index is 12.3. The zero-order valence-corrected chi connectivity index (χ0v) is 15.9. The zero-order valence-electron chi connectivity index (χ0n) is 15.9. The molecule has 1 unspecified atom stereocenters. The molecule has 5 nitrogen and oxygen atoms in total. The van der Waals surface area contributed by atoms with Gasteiger partial charge < -0.3 is 15.5 Å². The van der Waals surface area contributed by atoms with Crippen LogP contribution < -0.4 is 15.5 Å². The minimum absolute atomic E-state index is 0.0984. The smallest absolute Gasteiger partial charge is 0.279 e. The third kappa shape index (κ3) is 6.01. The molecule has 26 heavy (non-hydrogen) atoms. The second-order valence-electron chi connectivity index (χ2n) is 7.01. The standard InChI is InChI=1S/C21H27N3O2/c1-15(2)18-7-5-6-8-19(18)23-21(26)14-24(4)13-20(25)22-17-11-9-16(3)10-12-17/h5-12,15H,13-14H2,1-4H3,(H,22,25)(H,23,26)/p+1. The summed E-state index contributed by atoms with van der Waals surface area (Å²) < 4.78 is 0. The number of para-hydroxylation sites is 1. The van der Waals surface area contributed by atoms with E-state index < -0.39 is 0 Å². The van der Waals surface area contributed by atoms with Crippen LogP contribution in [0.3, 0.4) is 0 Å². The van der Waals surface area contributed by atoms with Crippen LogP contribution in [-0.2, 0) is 9.59 Å². The summed E-state index contributed by atoms with van der Waals surface area (Å²) in [5, 5.41) is 5.82. The maximum Gasteiger partial charge on any atom is 0.279 e.